The number of nitrogens with one attached hydrogen (secondary N) is 1. The third-order valence-corrected chi connectivity index (χ3v) is 3.22. The van der Waals surface area contributed by atoms with Gasteiger partial charge in [0.25, 0.3) is 0 Å². The number of hydrogen-bond donors (Lipinski definition) is 1. The lowest BCUT2D eigenvalue weighted by Crippen LogP contribution is -2.13. The first-order chi connectivity index (χ1) is 9.93. The summed E-state index contributed by atoms with van der Waals surface area (Å²) in [6.07, 6.45) is -0.166. The summed E-state index contributed by atoms with van der Waals surface area (Å²) in [5.74, 6) is -0.328. The van der Waals surface area contributed by atoms with Crippen LogP contribution in [0.4, 0.5) is 0 Å². The van der Waals surface area contributed by atoms with Gasteiger partial charge in [0.15, 0.2) is 0 Å². The van der Waals surface area contributed by atoms with E-state index in [-0.39, 0.29) is 12.1 Å². The van der Waals surface area contributed by atoms with E-state index in [0.717, 1.165) is 22.5 Å². The molecule has 0 saturated carbocycles. The Labute approximate surface area is 124 Å². The predicted molar refractivity (Wildman–Crippen MR) is 81.0 cm³/mol. The van der Waals surface area contributed by atoms with E-state index in [1.165, 1.54) is 0 Å². The molecular weight excluding hydrogens is 264 g/mol. The van der Waals surface area contributed by atoms with Crippen LogP contribution in [0.25, 0.3) is 11.1 Å². The van der Waals surface area contributed by atoms with Crippen molar-refractivity contribution in [3.63, 3.8) is 0 Å². The number of aromatic amines is 1. The van der Waals surface area contributed by atoms with Gasteiger partial charge in [0.2, 0.25) is 0 Å². The van der Waals surface area contributed by atoms with Crippen molar-refractivity contribution in [1.29, 1.82) is 5.26 Å². The maximum atomic E-state index is 12.3. The summed E-state index contributed by atoms with van der Waals surface area (Å²) in [7, 11) is 0. The fourth-order valence-corrected chi connectivity index (χ4v) is 2.38. The van der Waals surface area contributed by atoms with Crippen molar-refractivity contribution in [2.45, 2.75) is 33.8 Å². The number of nitriles is 1. The minimum absolute atomic E-state index is 0.166. The number of carbonyl (C=O) groups excluding carboxylic acids is 1. The largest absolute Gasteiger partial charge is 0.459 e. The molecule has 1 aromatic heterocycles. The summed E-state index contributed by atoms with van der Waals surface area (Å²) in [5.41, 5.74) is 4.58. The summed E-state index contributed by atoms with van der Waals surface area (Å²) in [4.78, 5) is 15.5. The van der Waals surface area contributed by atoms with Gasteiger partial charge < -0.3 is 9.72 Å². The molecule has 2 rings (SSSR count). The van der Waals surface area contributed by atoms with Crippen molar-refractivity contribution < 1.29 is 9.53 Å². The van der Waals surface area contributed by atoms with Crippen molar-refractivity contribution in [3.8, 4) is 17.2 Å². The van der Waals surface area contributed by atoms with E-state index >= 15 is 0 Å². The number of rotatable bonds is 3. The zero-order chi connectivity index (χ0) is 15.6. The maximum Gasteiger partial charge on any atom is 0.340 e. The average molecular weight is 282 g/mol. The van der Waals surface area contributed by atoms with Gasteiger partial charge in [0.1, 0.15) is 0 Å². The lowest BCUT2D eigenvalue weighted by molar-refractivity contribution is 0.0378. The monoisotopic (exact) mass is 282 g/mol. The van der Waals surface area contributed by atoms with E-state index in [1.807, 2.05) is 39.8 Å². The number of aromatic nitrogens is 1. The fourth-order valence-electron chi connectivity index (χ4n) is 2.38. The van der Waals surface area contributed by atoms with Gasteiger partial charge in [-0.3, -0.25) is 0 Å². The number of ether oxygens (including phenoxy) is 1. The summed E-state index contributed by atoms with van der Waals surface area (Å²) in [6.45, 7) is 7.44. The second-order valence-corrected chi connectivity index (χ2v) is 5.27. The lowest BCUT2D eigenvalue weighted by atomic mass is 9.99. The molecule has 0 amide bonds. The second kappa shape index (κ2) is 5.84. The summed E-state index contributed by atoms with van der Waals surface area (Å²) >= 11 is 0. The number of nitrogens with zero attached hydrogens (tertiary/aromatic N) is 1. The molecule has 108 valence electrons. The molecule has 2 aromatic rings. The van der Waals surface area contributed by atoms with Crippen molar-refractivity contribution in [3.05, 3.63) is 46.8 Å². The molecule has 4 heteroatoms. The molecule has 0 aliphatic rings. The second-order valence-electron chi connectivity index (χ2n) is 5.27. The number of H-pyrrole nitrogens is 1. The number of hydrogen-bond acceptors (Lipinski definition) is 3. The van der Waals surface area contributed by atoms with Gasteiger partial charge in [-0.1, -0.05) is 12.1 Å². The van der Waals surface area contributed by atoms with Crippen molar-refractivity contribution in [2.24, 2.45) is 0 Å². The van der Waals surface area contributed by atoms with E-state index in [9.17, 15) is 4.79 Å². The van der Waals surface area contributed by atoms with Crippen LogP contribution in [0, 0.1) is 25.2 Å². The Morgan fingerprint density at radius 2 is 1.81 bits per heavy atom. The van der Waals surface area contributed by atoms with Crippen LogP contribution in [-0.4, -0.2) is 17.1 Å². The Balaban J connectivity index is 2.52. The first-order valence-electron chi connectivity index (χ1n) is 6.84. The number of aryl methyl sites for hydroxylation is 2. The number of carbonyl (C=O) groups is 1. The van der Waals surface area contributed by atoms with Crippen LogP contribution in [0.5, 0.6) is 0 Å². The van der Waals surface area contributed by atoms with E-state index < -0.39 is 0 Å². The van der Waals surface area contributed by atoms with E-state index in [1.54, 1.807) is 12.1 Å². The molecule has 0 unspecified atom stereocenters. The molecule has 0 fully saturated rings. The van der Waals surface area contributed by atoms with Crippen LogP contribution in [0.3, 0.4) is 0 Å². The summed E-state index contributed by atoms with van der Waals surface area (Å²) < 4.78 is 5.33. The minimum Gasteiger partial charge on any atom is -0.459 e. The topological polar surface area (TPSA) is 65.9 Å². The molecule has 0 aliphatic carbocycles. The zero-order valence-electron chi connectivity index (χ0n) is 12.7. The molecule has 0 bridgehead atoms. The Kier molecular flexibility index (Phi) is 4.13. The molecule has 0 saturated heterocycles. The molecule has 1 N–H and O–H groups in total. The SMILES string of the molecule is Cc1[nH]c(C)c(-c2ccc(C#N)cc2)c1C(=O)OC(C)C. The van der Waals surface area contributed by atoms with Crippen LogP contribution in [-0.2, 0) is 4.74 Å². The predicted octanol–water partition coefficient (Wildman–Crippen LogP) is 3.74. The van der Waals surface area contributed by atoms with Gasteiger partial charge in [-0.15, -0.1) is 0 Å². The fraction of sp³-hybridized carbons (Fsp3) is 0.294. The van der Waals surface area contributed by atoms with Gasteiger partial charge in [-0.05, 0) is 45.4 Å². The number of benzene rings is 1. The van der Waals surface area contributed by atoms with Crippen molar-refractivity contribution in [1.82, 2.24) is 4.98 Å². The van der Waals surface area contributed by atoms with Crippen LogP contribution in [0.1, 0.15) is 41.2 Å². The smallest absolute Gasteiger partial charge is 0.340 e. The highest BCUT2D eigenvalue weighted by Crippen LogP contribution is 2.31. The summed E-state index contributed by atoms with van der Waals surface area (Å²) in [6, 6.07) is 9.27. The average Bonchev–Trinajstić information content (AvgIpc) is 2.73. The third-order valence-electron chi connectivity index (χ3n) is 3.22. The van der Waals surface area contributed by atoms with Gasteiger partial charge >= 0.3 is 5.97 Å². The molecule has 0 spiro atoms. The highest BCUT2D eigenvalue weighted by Gasteiger charge is 2.22. The van der Waals surface area contributed by atoms with E-state index in [4.69, 9.17) is 10.00 Å². The van der Waals surface area contributed by atoms with Crippen molar-refractivity contribution in [2.75, 3.05) is 0 Å². The Bertz CT molecular complexity index is 704. The lowest BCUT2D eigenvalue weighted by Gasteiger charge is -2.10. The van der Waals surface area contributed by atoms with Gasteiger partial charge in [0.05, 0.1) is 23.3 Å². The molecule has 21 heavy (non-hydrogen) atoms. The highest BCUT2D eigenvalue weighted by atomic mass is 16.5. The molecule has 1 heterocycles. The normalized spacial score (nSPS) is 10.5. The molecule has 0 aliphatic heterocycles. The van der Waals surface area contributed by atoms with Gasteiger partial charge in [-0.25, -0.2) is 4.79 Å². The Hall–Kier alpha value is -2.54. The van der Waals surface area contributed by atoms with Gasteiger partial charge in [0, 0.05) is 17.0 Å². The Morgan fingerprint density at radius 1 is 1.19 bits per heavy atom. The quantitative estimate of drug-likeness (QED) is 0.872. The minimum atomic E-state index is -0.328. The van der Waals surface area contributed by atoms with Crippen LogP contribution in [0.15, 0.2) is 24.3 Å². The molecular formula is C17H18N2O2. The molecule has 0 atom stereocenters. The zero-order valence-corrected chi connectivity index (χ0v) is 12.7. The molecule has 4 nitrogen and oxygen atoms in total. The molecule has 1 aromatic carbocycles. The van der Waals surface area contributed by atoms with Crippen LogP contribution < -0.4 is 0 Å². The Morgan fingerprint density at radius 3 is 2.33 bits per heavy atom. The van der Waals surface area contributed by atoms with E-state index in [0.29, 0.717) is 11.1 Å². The van der Waals surface area contributed by atoms with Crippen molar-refractivity contribution >= 4 is 5.97 Å². The highest BCUT2D eigenvalue weighted by molar-refractivity contribution is 5.99. The first-order valence-corrected chi connectivity index (χ1v) is 6.84. The summed E-state index contributed by atoms with van der Waals surface area (Å²) in [5, 5.41) is 8.87. The standard InChI is InChI=1S/C17H18N2O2/c1-10(2)21-17(20)16-12(4)19-11(3)15(16)14-7-5-13(9-18)6-8-14/h5-8,10,19H,1-4H3. The van der Waals surface area contributed by atoms with Crippen LogP contribution in [0.2, 0.25) is 0 Å². The molecule has 0 radical (unpaired) electrons. The number of esters is 1. The van der Waals surface area contributed by atoms with Crippen LogP contribution >= 0.6 is 0 Å². The third kappa shape index (κ3) is 2.97. The first kappa shape index (κ1) is 14.9. The van der Waals surface area contributed by atoms with Gasteiger partial charge in [-0.2, -0.15) is 5.26 Å². The van der Waals surface area contributed by atoms with E-state index in [2.05, 4.69) is 11.1 Å². The maximum absolute atomic E-state index is 12.3.